The molecule has 2 nitrogen and oxygen atoms in total. The third-order valence-corrected chi connectivity index (χ3v) is 3.53. The molecule has 0 amide bonds. The molecule has 0 aliphatic carbocycles. The fourth-order valence-electron chi connectivity index (χ4n) is 1.27. The van der Waals surface area contributed by atoms with Gasteiger partial charge in [-0.15, -0.1) is 0 Å². The Morgan fingerprint density at radius 2 is 2.06 bits per heavy atom. The van der Waals surface area contributed by atoms with Crippen LogP contribution >= 0.6 is 22.6 Å². The molecule has 0 saturated carbocycles. The highest BCUT2D eigenvalue weighted by Gasteiger charge is 2.16. The van der Waals surface area contributed by atoms with E-state index in [0.29, 0.717) is 5.88 Å². The summed E-state index contributed by atoms with van der Waals surface area (Å²) in [5.41, 5.74) is 2.31. The van der Waals surface area contributed by atoms with Crippen LogP contribution in [-0.2, 0) is 4.43 Å². The summed E-state index contributed by atoms with van der Waals surface area (Å²) in [6, 6.07) is 6.27. The molecule has 4 heteroatoms. The summed E-state index contributed by atoms with van der Waals surface area (Å²) in [4.78, 5) is 4.27. The third kappa shape index (κ3) is 5.50. The van der Waals surface area contributed by atoms with Crippen molar-refractivity contribution in [2.75, 3.05) is 0 Å². The Morgan fingerprint density at radius 1 is 1.41 bits per heavy atom. The summed E-state index contributed by atoms with van der Waals surface area (Å²) >= 11 is 2.29. The SMILES string of the molecule is C=C(/N=C/c1cc(I)ccc1C)O[Si](C)(C)C. The lowest BCUT2D eigenvalue weighted by Crippen LogP contribution is -2.24. The van der Waals surface area contributed by atoms with Crippen LogP contribution in [0.4, 0.5) is 0 Å². The summed E-state index contributed by atoms with van der Waals surface area (Å²) in [6.07, 6.45) is 1.82. The van der Waals surface area contributed by atoms with Gasteiger partial charge in [0.05, 0.1) is 0 Å². The molecule has 0 aromatic heterocycles. The summed E-state index contributed by atoms with van der Waals surface area (Å²) in [7, 11) is -1.60. The number of rotatable bonds is 4. The first kappa shape index (κ1) is 14.4. The van der Waals surface area contributed by atoms with Gasteiger partial charge in [0, 0.05) is 9.78 Å². The number of hydrogen-bond donors (Lipinski definition) is 0. The van der Waals surface area contributed by atoms with Crippen LogP contribution in [0.1, 0.15) is 11.1 Å². The summed E-state index contributed by atoms with van der Waals surface area (Å²) in [5.74, 6) is 0.502. The highest BCUT2D eigenvalue weighted by Crippen LogP contribution is 2.13. The predicted molar refractivity (Wildman–Crippen MR) is 85.1 cm³/mol. The molecule has 0 unspecified atom stereocenters. The van der Waals surface area contributed by atoms with Crippen LogP contribution < -0.4 is 0 Å². The summed E-state index contributed by atoms with van der Waals surface area (Å²) < 4.78 is 6.87. The zero-order chi connectivity index (χ0) is 13.1. The second-order valence-electron chi connectivity index (χ2n) is 4.87. The van der Waals surface area contributed by atoms with E-state index in [0.717, 1.165) is 5.56 Å². The Kier molecular flexibility index (Phi) is 4.94. The van der Waals surface area contributed by atoms with E-state index >= 15 is 0 Å². The Labute approximate surface area is 118 Å². The van der Waals surface area contributed by atoms with Crippen molar-refractivity contribution in [3.8, 4) is 0 Å². The van der Waals surface area contributed by atoms with Crippen LogP contribution in [0.5, 0.6) is 0 Å². The molecule has 1 aromatic carbocycles. The molecule has 1 rings (SSSR count). The van der Waals surface area contributed by atoms with Crippen molar-refractivity contribution < 1.29 is 4.43 Å². The van der Waals surface area contributed by atoms with Crippen LogP contribution in [0.2, 0.25) is 19.6 Å². The Bertz CT molecular complexity index is 449. The highest BCUT2D eigenvalue weighted by molar-refractivity contribution is 14.1. The molecule has 0 bridgehead atoms. The minimum Gasteiger partial charge on any atom is -0.532 e. The largest absolute Gasteiger partial charge is 0.532 e. The minimum absolute atomic E-state index is 0.502. The van der Waals surface area contributed by atoms with E-state index in [1.165, 1.54) is 9.13 Å². The maximum absolute atomic E-state index is 5.67. The number of nitrogens with zero attached hydrogens (tertiary/aromatic N) is 1. The maximum Gasteiger partial charge on any atom is 0.244 e. The second-order valence-corrected chi connectivity index (χ2v) is 10.5. The van der Waals surface area contributed by atoms with E-state index in [1.807, 2.05) is 6.21 Å². The van der Waals surface area contributed by atoms with Crippen molar-refractivity contribution in [1.29, 1.82) is 0 Å². The van der Waals surface area contributed by atoms with Crippen molar-refractivity contribution in [3.05, 3.63) is 45.4 Å². The van der Waals surface area contributed by atoms with Crippen molar-refractivity contribution in [3.63, 3.8) is 0 Å². The first-order valence-electron chi connectivity index (χ1n) is 5.46. The topological polar surface area (TPSA) is 21.6 Å². The third-order valence-electron chi connectivity index (χ3n) is 2.01. The molecule has 0 aliphatic heterocycles. The molecule has 0 saturated heterocycles. The van der Waals surface area contributed by atoms with Gasteiger partial charge in [-0.25, -0.2) is 4.99 Å². The molecule has 0 spiro atoms. The van der Waals surface area contributed by atoms with Gasteiger partial charge in [-0.2, -0.15) is 0 Å². The van der Waals surface area contributed by atoms with E-state index in [1.54, 1.807) is 0 Å². The monoisotopic (exact) mass is 359 g/mol. The Morgan fingerprint density at radius 3 is 2.65 bits per heavy atom. The van der Waals surface area contributed by atoms with Gasteiger partial charge in [0.15, 0.2) is 5.88 Å². The number of halogens is 1. The molecule has 1 aromatic rings. The normalized spacial score (nSPS) is 11.8. The molecule has 0 N–H and O–H groups in total. The van der Waals surface area contributed by atoms with Crippen molar-refractivity contribution in [1.82, 2.24) is 0 Å². The minimum atomic E-state index is -1.60. The molecule has 0 aliphatic rings. The second kappa shape index (κ2) is 5.82. The van der Waals surface area contributed by atoms with Crippen molar-refractivity contribution in [2.24, 2.45) is 4.99 Å². The number of aliphatic imine (C=N–C) groups is 1. The average molecular weight is 359 g/mol. The first-order chi connectivity index (χ1) is 7.78. The quantitative estimate of drug-likeness (QED) is 0.339. The van der Waals surface area contributed by atoms with E-state index in [4.69, 9.17) is 4.43 Å². The molecular weight excluding hydrogens is 341 g/mol. The van der Waals surface area contributed by atoms with E-state index < -0.39 is 8.32 Å². The zero-order valence-corrected chi connectivity index (χ0v) is 13.9. The number of hydrogen-bond acceptors (Lipinski definition) is 2. The van der Waals surface area contributed by atoms with Gasteiger partial charge >= 0.3 is 0 Å². The van der Waals surface area contributed by atoms with Gasteiger partial charge < -0.3 is 4.43 Å². The van der Waals surface area contributed by atoms with E-state index in [2.05, 4.69) is 78.9 Å². The fraction of sp³-hybridized carbons (Fsp3) is 0.308. The van der Waals surface area contributed by atoms with Gasteiger partial charge in [-0.3, -0.25) is 0 Å². The van der Waals surface area contributed by atoms with Crippen LogP contribution in [0.25, 0.3) is 0 Å². The van der Waals surface area contributed by atoms with E-state index in [9.17, 15) is 0 Å². The Hall–Kier alpha value is -0.623. The van der Waals surface area contributed by atoms with Crippen molar-refractivity contribution in [2.45, 2.75) is 26.6 Å². The van der Waals surface area contributed by atoms with Gasteiger partial charge in [-0.05, 0) is 79.0 Å². The molecular formula is C13H18INOSi. The van der Waals surface area contributed by atoms with Gasteiger partial charge in [-0.1, -0.05) is 6.07 Å². The van der Waals surface area contributed by atoms with Crippen LogP contribution in [0.3, 0.4) is 0 Å². The Balaban J connectivity index is 2.77. The smallest absolute Gasteiger partial charge is 0.244 e. The van der Waals surface area contributed by atoms with E-state index in [-0.39, 0.29) is 0 Å². The van der Waals surface area contributed by atoms with Crippen molar-refractivity contribution >= 4 is 37.1 Å². The van der Waals surface area contributed by atoms with Gasteiger partial charge in [0.2, 0.25) is 8.32 Å². The number of benzene rings is 1. The van der Waals surface area contributed by atoms with Gasteiger partial charge in [0.25, 0.3) is 0 Å². The van der Waals surface area contributed by atoms with Crippen LogP contribution in [0.15, 0.2) is 35.7 Å². The molecule has 0 radical (unpaired) electrons. The van der Waals surface area contributed by atoms with Crippen LogP contribution in [0, 0.1) is 10.5 Å². The summed E-state index contributed by atoms with van der Waals surface area (Å²) in [6.45, 7) is 12.2. The first-order valence-corrected chi connectivity index (χ1v) is 9.95. The molecule has 92 valence electrons. The maximum atomic E-state index is 5.67. The zero-order valence-electron chi connectivity index (χ0n) is 10.7. The summed E-state index contributed by atoms with van der Waals surface area (Å²) in [5, 5.41) is 0. The lowest BCUT2D eigenvalue weighted by molar-refractivity contribution is 0.421. The van der Waals surface area contributed by atoms with Gasteiger partial charge in [0.1, 0.15) is 0 Å². The average Bonchev–Trinajstić information content (AvgIpc) is 2.17. The standard InChI is InChI=1S/C13H18INOSi/c1-10-6-7-13(14)8-12(10)9-15-11(2)16-17(3,4)5/h6-9H,2H2,1,3-5H3/b15-9+. The predicted octanol–water partition coefficient (Wildman–Crippen LogP) is 4.34. The number of aryl methyl sites for hydroxylation is 1. The molecule has 0 atom stereocenters. The molecule has 0 heterocycles. The van der Waals surface area contributed by atoms with Crippen LogP contribution in [-0.4, -0.2) is 14.5 Å². The highest BCUT2D eigenvalue weighted by atomic mass is 127. The fourth-order valence-corrected chi connectivity index (χ4v) is 2.55. The molecule has 17 heavy (non-hydrogen) atoms. The lowest BCUT2D eigenvalue weighted by Gasteiger charge is -2.18. The lowest BCUT2D eigenvalue weighted by atomic mass is 10.1. The molecule has 0 fully saturated rings.